The molecule has 2 aromatic heterocycles. The van der Waals surface area contributed by atoms with E-state index in [1.807, 2.05) is 18.2 Å². The van der Waals surface area contributed by atoms with E-state index in [0.29, 0.717) is 6.54 Å². The van der Waals surface area contributed by atoms with E-state index in [9.17, 15) is 0 Å². The Balaban J connectivity index is 1.76. The highest BCUT2D eigenvalue weighted by atomic mass is 32.1. The summed E-state index contributed by atoms with van der Waals surface area (Å²) in [4.78, 5) is 5.94. The van der Waals surface area contributed by atoms with Gasteiger partial charge in [0.15, 0.2) is 5.96 Å². The van der Waals surface area contributed by atoms with Gasteiger partial charge in [0.1, 0.15) is 5.76 Å². The largest absolute Gasteiger partial charge is 0.469 e. The first-order valence-corrected chi connectivity index (χ1v) is 7.94. The van der Waals surface area contributed by atoms with Gasteiger partial charge in [-0.25, -0.2) is 0 Å². The molecule has 0 bridgehead atoms. The average molecular weight is 303 g/mol. The van der Waals surface area contributed by atoms with Crippen LogP contribution in [0.2, 0.25) is 0 Å². The molecule has 0 spiro atoms. The fraction of sp³-hybridized carbons (Fsp3) is 0.312. The Labute approximate surface area is 129 Å². The second-order valence-electron chi connectivity index (χ2n) is 4.49. The van der Waals surface area contributed by atoms with Gasteiger partial charge in [-0.3, -0.25) is 4.99 Å². The van der Waals surface area contributed by atoms with Crippen molar-refractivity contribution in [2.24, 2.45) is 4.99 Å². The van der Waals surface area contributed by atoms with Crippen molar-refractivity contribution in [1.29, 1.82) is 0 Å². The lowest BCUT2D eigenvalue weighted by Gasteiger charge is -2.10. The van der Waals surface area contributed by atoms with E-state index in [4.69, 9.17) is 4.42 Å². The number of thiophene rings is 1. The maximum Gasteiger partial charge on any atom is 0.191 e. The summed E-state index contributed by atoms with van der Waals surface area (Å²) in [6.07, 6.45) is 5.33. The molecule has 0 aliphatic heterocycles. The van der Waals surface area contributed by atoms with E-state index in [-0.39, 0.29) is 0 Å². The average Bonchev–Trinajstić information content (AvgIpc) is 3.17. The molecule has 5 heteroatoms. The zero-order chi connectivity index (χ0) is 14.8. The lowest BCUT2D eigenvalue weighted by Crippen LogP contribution is -2.38. The lowest BCUT2D eigenvalue weighted by atomic mass is 10.3. The van der Waals surface area contributed by atoms with Crippen LogP contribution >= 0.6 is 11.3 Å². The van der Waals surface area contributed by atoms with E-state index in [1.165, 1.54) is 4.88 Å². The summed E-state index contributed by atoms with van der Waals surface area (Å²) in [6.45, 7) is 5.97. The van der Waals surface area contributed by atoms with Crippen molar-refractivity contribution in [3.05, 3.63) is 59.2 Å². The molecule has 112 valence electrons. The van der Waals surface area contributed by atoms with Crippen LogP contribution in [0.3, 0.4) is 0 Å². The minimum absolute atomic E-state index is 0.700. The van der Waals surface area contributed by atoms with E-state index >= 15 is 0 Å². The minimum atomic E-state index is 0.700. The zero-order valence-corrected chi connectivity index (χ0v) is 12.9. The standard InChI is InChI=1S/C16H21N3OS/c1-2-9-17-16(18-10-7-14-5-3-12-20-14)19-11-8-15-6-4-13-21-15/h2-6,12-13H,1,7-11H2,(H2,17,18,19). The molecule has 21 heavy (non-hydrogen) atoms. The fourth-order valence-electron chi connectivity index (χ4n) is 1.83. The number of rotatable bonds is 8. The number of hydrogen-bond acceptors (Lipinski definition) is 3. The van der Waals surface area contributed by atoms with Gasteiger partial charge in [-0.05, 0) is 23.6 Å². The van der Waals surface area contributed by atoms with Gasteiger partial charge >= 0.3 is 0 Å². The van der Waals surface area contributed by atoms with Crippen LogP contribution in [0, 0.1) is 0 Å². The first-order valence-electron chi connectivity index (χ1n) is 7.06. The first-order chi connectivity index (χ1) is 10.4. The highest BCUT2D eigenvalue weighted by Crippen LogP contribution is 2.08. The first kappa shape index (κ1) is 15.4. The smallest absolute Gasteiger partial charge is 0.191 e. The van der Waals surface area contributed by atoms with Crippen molar-refractivity contribution in [1.82, 2.24) is 10.6 Å². The van der Waals surface area contributed by atoms with Crippen molar-refractivity contribution in [2.75, 3.05) is 19.6 Å². The molecule has 0 aliphatic carbocycles. The van der Waals surface area contributed by atoms with E-state index in [0.717, 1.165) is 37.7 Å². The SMILES string of the molecule is C=CCNC(=NCCc1cccs1)NCCc1ccco1. The molecule has 0 fully saturated rings. The van der Waals surface area contributed by atoms with Crippen molar-refractivity contribution in [3.8, 4) is 0 Å². The normalized spacial score (nSPS) is 11.3. The molecule has 0 amide bonds. The summed E-state index contributed by atoms with van der Waals surface area (Å²) >= 11 is 1.77. The molecule has 0 aliphatic rings. The molecule has 0 aromatic carbocycles. The molecule has 0 radical (unpaired) electrons. The fourth-order valence-corrected chi connectivity index (χ4v) is 2.53. The van der Waals surface area contributed by atoms with Crippen molar-refractivity contribution < 1.29 is 4.42 Å². The maximum atomic E-state index is 5.31. The number of aliphatic imine (C=N–C) groups is 1. The topological polar surface area (TPSA) is 49.6 Å². The summed E-state index contributed by atoms with van der Waals surface area (Å²) in [5.74, 6) is 1.79. The number of hydrogen-bond donors (Lipinski definition) is 2. The Hall–Kier alpha value is -2.01. The Kier molecular flexibility index (Phi) is 6.61. The summed E-state index contributed by atoms with van der Waals surface area (Å²) < 4.78 is 5.31. The van der Waals surface area contributed by atoms with E-state index in [2.05, 4.69) is 39.7 Å². The second kappa shape index (κ2) is 9.02. The molecule has 2 aromatic rings. The predicted octanol–water partition coefficient (Wildman–Crippen LogP) is 2.85. The van der Waals surface area contributed by atoms with Crippen LogP contribution in [-0.4, -0.2) is 25.6 Å². The van der Waals surface area contributed by atoms with Gasteiger partial charge in [-0.1, -0.05) is 12.1 Å². The summed E-state index contributed by atoms with van der Waals surface area (Å²) in [5.41, 5.74) is 0. The molecule has 0 saturated heterocycles. The minimum Gasteiger partial charge on any atom is -0.469 e. The number of guanidine groups is 1. The molecule has 2 N–H and O–H groups in total. The summed E-state index contributed by atoms with van der Waals surface area (Å²) in [7, 11) is 0. The Morgan fingerprint density at radius 2 is 2.24 bits per heavy atom. The number of nitrogens with one attached hydrogen (secondary N) is 2. The predicted molar refractivity (Wildman–Crippen MR) is 88.9 cm³/mol. The Bertz CT molecular complexity index is 532. The van der Waals surface area contributed by atoms with Crippen LogP contribution in [0.5, 0.6) is 0 Å². The van der Waals surface area contributed by atoms with Crippen LogP contribution < -0.4 is 10.6 Å². The van der Waals surface area contributed by atoms with Gasteiger partial charge < -0.3 is 15.1 Å². The van der Waals surface area contributed by atoms with Gasteiger partial charge in [0.05, 0.1) is 6.26 Å². The number of nitrogens with zero attached hydrogens (tertiary/aromatic N) is 1. The van der Waals surface area contributed by atoms with Crippen molar-refractivity contribution in [2.45, 2.75) is 12.8 Å². The quantitative estimate of drug-likeness (QED) is 0.448. The number of furan rings is 1. The van der Waals surface area contributed by atoms with Crippen LogP contribution in [0.25, 0.3) is 0 Å². The van der Waals surface area contributed by atoms with Crippen molar-refractivity contribution >= 4 is 17.3 Å². The Morgan fingerprint density at radius 3 is 2.95 bits per heavy atom. The lowest BCUT2D eigenvalue weighted by molar-refractivity contribution is 0.507. The van der Waals surface area contributed by atoms with Gasteiger partial charge in [0.25, 0.3) is 0 Å². The van der Waals surface area contributed by atoms with Crippen LogP contribution in [0.15, 0.2) is 58.0 Å². The molecular weight excluding hydrogens is 282 g/mol. The third kappa shape index (κ3) is 5.87. The van der Waals surface area contributed by atoms with Crippen LogP contribution in [0.1, 0.15) is 10.6 Å². The van der Waals surface area contributed by atoms with Crippen LogP contribution in [-0.2, 0) is 12.8 Å². The van der Waals surface area contributed by atoms with E-state index in [1.54, 1.807) is 17.6 Å². The highest BCUT2D eigenvalue weighted by molar-refractivity contribution is 7.09. The maximum absolute atomic E-state index is 5.31. The molecule has 4 nitrogen and oxygen atoms in total. The van der Waals surface area contributed by atoms with Gasteiger partial charge in [-0.15, -0.1) is 17.9 Å². The molecule has 2 rings (SSSR count). The highest BCUT2D eigenvalue weighted by Gasteiger charge is 2.00. The third-order valence-electron chi connectivity index (χ3n) is 2.87. The summed E-state index contributed by atoms with van der Waals surface area (Å²) in [6, 6.07) is 8.09. The van der Waals surface area contributed by atoms with Gasteiger partial charge in [-0.2, -0.15) is 0 Å². The van der Waals surface area contributed by atoms with Gasteiger partial charge in [0, 0.05) is 37.4 Å². The van der Waals surface area contributed by atoms with Gasteiger partial charge in [0.2, 0.25) is 0 Å². The zero-order valence-electron chi connectivity index (χ0n) is 12.0. The second-order valence-corrected chi connectivity index (χ2v) is 5.52. The Morgan fingerprint density at radius 1 is 1.29 bits per heavy atom. The molecule has 2 heterocycles. The monoisotopic (exact) mass is 303 g/mol. The van der Waals surface area contributed by atoms with Crippen molar-refractivity contribution in [3.63, 3.8) is 0 Å². The van der Waals surface area contributed by atoms with Crippen LogP contribution in [0.4, 0.5) is 0 Å². The summed E-state index contributed by atoms with van der Waals surface area (Å²) in [5, 5.41) is 8.63. The van der Waals surface area contributed by atoms with E-state index < -0.39 is 0 Å². The molecular formula is C16H21N3OS. The molecule has 0 unspecified atom stereocenters. The third-order valence-corrected chi connectivity index (χ3v) is 3.80. The molecule has 0 saturated carbocycles. The molecule has 0 atom stereocenters.